The quantitative estimate of drug-likeness (QED) is 0.798. The molecule has 0 atom stereocenters. The van der Waals surface area contributed by atoms with E-state index < -0.39 is 0 Å². The minimum absolute atomic E-state index is 0.103. The summed E-state index contributed by atoms with van der Waals surface area (Å²) < 4.78 is 5.62. The molecule has 4 heteroatoms. The molecular formula is C22H26N2O2. The summed E-state index contributed by atoms with van der Waals surface area (Å²) in [5, 5.41) is 3.95. The highest BCUT2D eigenvalue weighted by Gasteiger charge is 2.14. The zero-order valence-electron chi connectivity index (χ0n) is 15.2. The second-order valence-electron chi connectivity index (χ2n) is 6.82. The van der Waals surface area contributed by atoms with Gasteiger partial charge < -0.3 is 10.1 Å². The van der Waals surface area contributed by atoms with Crippen LogP contribution in [0.3, 0.4) is 0 Å². The average Bonchev–Trinajstić information content (AvgIpc) is 2.69. The molecule has 1 aliphatic carbocycles. The van der Waals surface area contributed by atoms with E-state index in [4.69, 9.17) is 4.74 Å². The Balaban J connectivity index is 1.32. The minimum atomic E-state index is 0.103. The number of ether oxygens (including phenoxy) is 1. The molecule has 136 valence electrons. The molecule has 0 unspecified atom stereocenters. The molecule has 1 aromatic heterocycles. The summed E-state index contributed by atoms with van der Waals surface area (Å²) >= 11 is 0. The number of fused-ring (bicyclic) bond motifs is 1. The maximum Gasteiger partial charge on any atom is 0.220 e. The van der Waals surface area contributed by atoms with E-state index in [0.717, 1.165) is 29.0 Å². The van der Waals surface area contributed by atoms with Gasteiger partial charge in [0.1, 0.15) is 12.4 Å². The van der Waals surface area contributed by atoms with Crippen LogP contribution in [0.1, 0.15) is 44.9 Å². The van der Waals surface area contributed by atoms with Gasteiger partial charge in [-0.1, -0.05) is 50.0 Å². The van der Waals surface area contributed by atoms with Crippen LogP contribution in [0.5, 0.6) is 5.75 Å². The van der Waals surface area contributed by atoms with Crippen molar-refractivity contribution in [3.63, 3.8) is 0 Å². The predicted molar refractivity (Wildman–Crippen MR) is 104 cm³/mol. The molecule has 2 aromatic rings. The van der Waals surface area contributed by atoms with Gasteiger partial charge in [0.25, 0.3) is 0 Å². The van der Waals surface area contributed by atoms with Crippen LogP contribution in [0.25, 0.3) is 10.9 Å². The van der Waals surface area contributed by atoms with Crippen LogP contribution >= 0.6 is 0 Å². The highest BCUT2D eigenvalue weighted by Crippen LogP contribution is 2.27. The number of carbonyl (C=O) groups excluding carboxylic acids is 1. The molecule has 1 fully saturated rings. The molecule has 0 radical (unpaired) electrons. The molecule has 0 bridgehead atoms. The van der Waals surface area contributed by atoms with Crippen LogP contribution < -0.4 is 10.1 Å². The van der Waals surface area contributed by atoms with Gasteiger partial charge in [0.2, 0.25) is 5.91 Å². The molecule has 1 aromatic carbocycles. The van der Waals surface area contributed by atoms with Gasteiger partial charge in [0, 0.05) is 24.1 Å². The standard InChI is InChI=1S/C22H26N2O2/c25-22(13-10-18-7-2-1-3-8-18)24-14-4-5-16-26-20-12-11-19-9-6-15-23-21(19)17-20/h6,9,11-12,15,17-18H,1-3,7-8,10,13-14,16H2,(H,24,25). The number of nitrogens with zero attached hydrogens (tertiary/aromatic N) is 1. The van der Waals surface area contributed by atoms with Crippen molar-refractivity contribution in [2.24, 2.45) is 5.92 Å². The first-order valence-electron chi connectivity index (χ1n) is 9.51. The first-order valence-corrected chi connectivity index (χ1v) is 9.51. The van der Waals surface area contributed by atoms with E-state index in [1.54, 1.807) is 6.20 Å². The number of benzene rings is 1. The van der Waals surface area contributed by atoms with Crippen LogP contribution in [0, 0.1) is 17.8 Å². The summed E-state index contributed by atoms with van der Waals surface area (Å²) in [5.41, 5.74) is 0.906. The zero-order chi connectivity index (χ0) is 18.0. The third-order valence-corrected chi connectivity index (χ3v) is 4.89. The molecule has 1 heterocycles. The lowest BCUT2D eigenvalue weighted by atomic mass is 9.86. The third-order valence-electron chi connectivity index (χ3n) is 4.89. The number of pyridine rings is 1. The number of nitrogens with one attached hydrogen (secondary N) is 1. The largest absolute Gasteiger partial charge is 0.481 e. The van der Waals surface area contributed by atoms with E-state index in [1.165, 1.54) is 32.1 Å². The van der Waals surface area contributed by atoms with Crippen LogP contribution in [0.15, 0.2) is 36.5 Å². The maximum absolute atomic E-state index is 11.8. The Kier molecular flexibility index (Phi) is 6.89. The summed E-state index contributed by atoms with van der Waals surface area (Å²) in [4.78, 5) is 16.2. The van der Waals surface area contributed by atoms with Gasteiger partial charge in [-0.15, -0.1) is 0 Å². The molecule has 0 aliphatic heterocycles. The summed E-state index contributed by atoms with van der Waals surface area (Å²) in [6, 6.07) is 9.74. The highest BCUT2D eigenvalue weighted by molar-refractivity contribution is 5.79. The van der Waals surface area contributed by atoms with E-state index in [-0.39, 0.29) is 5.91 Å². The van der Waals surface area contributed by atoms with Crippen molar-refractivity contribution in [2.75, 3.05) is 13.2 Å². The summed E-state index contributed by atoms with van der Waals surface area (Å²) in [6.45, 7) is 0.683. The molecule has 4 nitrogen and oxygen atoms in total. The van der Waals surface area contributed by atoms with E-state index in [2.05, 4.69) is 22.1 Å². The maximum atomic E-state index is 11.8. The normalized spacial score (nSPS) is 14.5. The molecule has 26 heavy (non-hydrogen) atoms. The Bertz CT molecular complexity index is 785. The smallest absolute Gasteiger partial charge is 0.220 e. The molecule has 3 rings (SSSR count). The Hall–Kier alpha value is -2.54. The topological polar surface area (TPSA) is 51.2 Å². The predicted octanol–water partition coefficient (Wildman–Crippen LogP) is 4.09. The number of hydrogen-bond donors (Lipinski definition) is 1. The number of amides is 1. The lowest BCUT2D eigenvalue weighted by Crippen LogP contribution is -2.24. The first-order chi connectivity index (χ1) is 12.8. The van der Waals surface area contributed by atoms with Gasteiger partial charge in [0.15, 0.2) is 0 Å². The lowest BCUT2D eigenvalue weighted by molar-refractivity contribution is -0.121. The third kappa shape index (κ3) is 5.77. The van der Waals surface area contributed by atoms with Crippen molar-refractivity contribution in [3.05, 3.63) is 36.5 Å². The summed E-state index contributed by atoms with van der Waals surface area (Å²) in [6.07, 6.45) is 9.98. The van der Waals surface area contributed by atoms with Crippen molar-refractivity contribution in [1.82, 2.24) is 10.3 Å². The van der Waals surface area contributed by atoms with E-state index in [9.17, 15) is 4.79 Å². The Morgan fingerprint density at radius 2 is 2.08 bits per heavy atom. The van der Waals surface area contributed by atoms with Gasteiger partial charge in [-0.3, -0.25) is 9.78 Å². The zero-order valence-corrected chi connectivity index (χ0v) is 15.2. The molecule has 1 amide bonds. The monoisotopic (exact) mass is 350 g/mol. The van der Waals surface area contributed by atoms with Gasteiger partial charge in [-0.2, -0.15) is 0 Å². The molecule has 0 spiro atoms. The Morgan fingerprint density at radius 1 is 1.19 bits per heavy atom. The van der Waals surface area contributed by atoms with Crippen LogP contribution in [-0.2, 0) is 4.79 Å². The number of rotatable bonds is 6. The van der Waals surface area contributed by atoms with Crippen molar-refractivity contribution in [2.45, 2.75) is 44.9 Å². The fraction of sp³-hybridized carbons (Fsp3) is 0.455. The van der Waals surface area contributed by atoms with E-state index in [1.807, 2.05) is 30.3 Å². The lowest BCUT2D eigenvalue weighted by Gasteiger charge is -2.20. The summed E-state index contributed by atoms with van der Waals surface area (Å²) in [5.74, 6) is 7.47. The Morgan fingerprint density at radius 3 is 2.96 bits per heavy atom. The highest BCUT2D eigenvalue weighted by atomic mass is 16.5. The second kappa shape index (κ2) is 9.82. The van der Waals surface area contributed by atoms with Gasteiger partial charge in [0.05, 0.1) is 12.1 Å². The number of aromatic nitrogens is 1. The number of hydrogen-bond acceptors (Lipinski definition) is 3. The van der Waals surface area contributed by atoms with E-state index >= 15 is 0 Å². The van der Waals surface area contributed by atoms with E-state index in [0.29, 0.717) is 19.6 Å². The summed E-state index contributed by atoms with van der Waals surface area (Å²) in [7, 11) is 0. The van der Waals surface area contributed by atoms with Crippen LogP contribution in [-0.4, -0.2) is 24.0 Å². The van der Waals surface area contributed by atoms with Gasteiger partial charge >= 0.3 is 0 Å². The van der Waals surface area contributed by atoms with Crippen molar-refractivity contribution >= 4 is 16.8 Å². The molecule has 0 saturated heterocycles. The number of carbonyl (C=O) groups is 1. The first kappa shape index (κ1) is 18.3. The van der Waals surface area contributed by atoms with Crippen molar-refractivity contribution < 1.29 is 9.53 Å². The van der Waals surface area contributed by atoms with Crippen molar-refractivity contribution in [1.29, 1.82) is 0 Å². The average molecular weight is 350 g/mol. The van der Waals surface area contributed by atoms with Gasteiger partial charge in [-0.05, 0) is 30.5 Å². The fourth-order valence-electron chi connectivity index (χ4n) is 3.41. The van der Waals surface area contributed by atoms with Crippen molar-refractivity contribution in [3.8, 4) is 17.6 Å². The second-order valence-corrected chi connectivity index (χ2v) is 6.82. The SMILES string of the molecule is O=C(CCC1CCCCC1)NCC#CCOc1ccc2cccnc2c1. The molecule has 1 N–H and O–H groups in total. The fourth-order valence-corrected chi connectivity index (χ4v) is 3.41. The van der Waals surface area contributed by atoms with Crippen LogP contribution in [0.2, 0.25) is 0 Å². The Labute approximate surface area is 155 Å². The van der Waals surface area contributed by atoms with Gasteiger partial charge in [-0.25, -0.2) is 0 Å². The van der Waals surface area contributed by atoms with Crippen LogP contribution in [0.4, 0.5) is 0 Å². The molecule has 1 aliphatic rings. The molecule has 1 saturated carbocycles. The minimum Gasteiger partial charge on any atom is -0.481 e. The molecular weight excluding hydrogens is 324 g/mol.